The summed E-state index contributed by atoms with van der Waals surface area (Å²) in [6, 6.07) is 0.775. The summed E-state index contributed by atoms with van der Waals surface area (Å²) in [4.78, 5) is 8.67. The molecule has 4 heteroatoms. The van der Waals surface area contributed by atoms with Gasteiger partial charge in [0, 0.05) is 31.1 Å². The van der Waals surface area contributed by atoms with E-state index >= 15 is 0 Å². The van der Waals surface area contributed by atoms with Gasteiger partial charge in [0.25, 0.3) is 0 Å². The lowest BCUT2D eigenvalue weighted by Gasteiger charge is -2.14. The van der Waals surface area contributed by atoms with Crippen LogP contribution in [0.5, 0.6) is 0 Å². The van der Waals surface area contributed by atoms with Crippen LogP contribution in [0, 0.1) is 0 Å². The third-order valence-electron chi connectivity index (χ3n) is 3.81. The predicted octanol–water partition coefficient (Wildman–Crippen LogP) is 3.97. The van der Waals surface area contributed by atoms with Crippen LogP contribution in [0.2, 0.25) is 0 Å². The zero-order chi connectivity index (χ0) is 14.4. The molecule has 1 aliphatic rings. The maximum absolute atomic E-state index is 4.88. The number of anilines is 1. The van der Waals surface area contributed by atoms with Gasteiger partial charge in [-0.2, -0.15) is 0 Å². The first-order valence-electron chi connectivity index (χ1n) is 8.17. The van der Waals surface area contributed by atoms with Crippen LogP contribution in [0.15, 0.2) is 0 Å². The Bertz CT molecular complexity index is 398. The number of aryl methyl sites for hydroxylation is 1. The fourth-order valence-electron chi connectivity index (χ4n) is 2.32. The van der Waals surface area contributed by atoms with Crippen molar-refractivity contribution in [3.63, 3.8) is 0 Å². The molecule has 20 heavy (non-hydrogen) atoms. The maximum atomic E-state index is 4.88. The predicted molar refractivity (Wildman–Crippen MR) is 88.8 cm³/mol. The van der Waals surface area contributed by atoms with Crippen molar-refractivity contribution in [3.8, 4) is 0 Å². The van der Waals surface area contributed by atoms with Crippen LogP contribution in [0.3, 0.4) is 0 Å². The number of thiazole rings is 1. The quantitative estimate of drug-likeness (QED) is 0.662. The Morgan fingerprint density at radius 1 is 1.25 bits per heavy atom. The number of rotatable bonds is 10. The van der Waals surface area contributed by atoms with Crippen molar-refractivity contribution in [2.75, 3.05) is 18.5 Å². The smallest absolute Gasteiger partial charge is 0.185 e. The van der Waals surface area contributed by atoms with Crippen LogP contribution in [0.4, 0.5) is 5.13 Å². The van der Waals surface area contributed by atoms with Crippen LogP contribution in [-0.2, 0) is 13.0 Å². The van der Waals surface area contributed by atoms with E-state index in [-0.39, 0.29) is 0 Å². The molecule has 0 aromatic carbocycles. The minimum Gasteiger partial charge on any atom is -0.351 e. The first kappa shape index (κ1) is 15.8. The third-order valence-corrected chi connectivity index (χ3v) is 5.02. The lowest BCUT2D eigenvalue weighted by atomic mass is 10.2. The second kappa shape index (κ2) is 7.99. The van der Waals surface area contributed by atoms with Gasteiger partial charge in [-0.05, 0) is 25.7 Å². The molecule has 0 atom stereocenters. The lowest BCUT2D eigenvalue weighted by molar-refractivity contribution is 0.686. The standard InChI is InChI=1S/C16H29N3S/c1-4-6-7-11-19(3)16-18-14(8-5-2)15(20-16)12-17-13-9-10-13/h13,17H,4-12H2,1-3H3. The first-order valence-corrected chi connectivity index (χ1v) is 8.99. The molecule has 1 heterocycles. The topological polar surface area (TPSA) is 28.2 Å². The molecule has 0 aliphatic heterocycles. The number of nitrogens with zero attached hydrogens (tertiary/aromatic N) is 2. The van der Waals surface area contributed by atoms with Gasteiger partial charge in [-0.15, -0.1) is 11.3 Å². The Morgan fingerprint density at radius 2 is 2.05 bits per heavy atom. The molecule has 0 spiro atoms. The first-order chi connectivity index (χ1) is 9.74. The molecule has 3 nitrogen and oxygen atoms in total. The van der Waals surface area contributed by atoms with Gasteiger partial charge in [-0.3, -0.25) is 0 Å². The zero-order valence-electron chi connectivity index (χ0n) is 13.2. The molecule has 1 aromatic heterocycles. The lowest BCUT2D eigenvalue weighted by Crippen LogP contribution is -2.18. The fourth-order valence-corrected chi connectivity index (χ4v) is 3.37. The van der Waals surface area contributed by atoms with Gasteiger partial charge >= 0.3 is 0 Å². The summed E-state index contributed by atoms with van der Waals surface area (Å²) in [5, 5.41) is 4.83. The third kappa shape index (κ3) is 4.74. The van der Waals surface area contributed by atoms with Crippen molar-refractivity contribution in [2.24, 2.45) is 0 Å². The highest BCUT2D eigenvalue weighted by Gasteiger charge is 2.21. The summed E-state index contributed by atoms with van der Waals surface area (Å²) < 4.78 is 0. The Balaban J connectivity index is 1.94. The molecule has 114 valence electrons. The molecule has 1 saturated carbocycles. The molecule has 1 aliphatic carbocycles. The molecular formula is C16H29N3S. The van der Waals surface area contributed by atoms with E-state index in [1.165, 1.54) is 54.2 Å². The average molecular weight is 295 g/mol. The normalized spacial score (nSPS) is 14.8. The van der Waals surface area contributed by atoms with Crippen molar-refractivity contribution >= 4 is 16.5 Å². The molecule has 1 aromatic rings. The molecule has 0 amide bonds. The highest BCUT2D eigenvalue weighted by Crippen LogP contribution is 2.28. The molecule has 0 radical (unpaired) electrons. The summed E-state index contributed by atoms with van der Waals surface area (Å²) in [5.41, 5.74) is 1.32. The van der Waals surface area contributed by atoms with Gasteiger partial charge in [-0.25, -0.2) is 4.98 Å². The van der Waals surface area contributed by atoms with E-state index in [9.17, 15) is 0 Å². The largest absolute Gasteiger partial charge is 0.351 e. The summed E-state index contributed by atoms with van der Waals surface area (Å²) in [6.45, 7) is 6.63. The Labute approximate surface area is 127 Å². The maximum Gasteiger partial charge on any atom is 0.185 e. The van der Waals surface area contributed by atoms with E-state index < -0.39 is 0 Å². The molecule has 2 rings (SSSR count). The van der Waals surface area contributed by atoms with E-state index in [1.807, 2.05) is 11.3 Å². The zero-order valence-corrected chi connectivity index (χ0v) is 14.1. The van der Waals surface area contributed by atoms with Crippen molar-refractivity contribution < 1.29 is 0 Å². The van der Waals surface area contributed by atoms with Crippen LogP contribution < -0.4 is 10.2 Å². The number of hydrogen-bond acceptors (Lipinski definition) is 4. The summed E-state index contributed by atoms with van der Waals surface area (Å²) in [6.07, 6.45) is 8.86. The molecular weight excluding hydrogens is 266 g/mol. The van der Waals surface area contributed by atoms with Crippen molar-refractivity contribution in [3.05, 3.63) is 10.6 Å². The minimum atomic E-state index is 0.775. The fraction of sp³-hybridized carbons (Fsp3) is 0.812. The van der Waals surface area contributed by atoms with E-state index in [1.54, 1.807) is 0 Å². The monoisotopic (exact) mass is 295 g/mol. The van der Waals surface area contributed by atoms with E-state index in [0.717, 1.165) is 25.6 Å². The van der Waals surface area contributed by atoms with Crippen LogP contribution >= 0.6 is 11.3 Å². The number of unbranched alkanes of at least 4 members (excludes halogenated alkanes) is 2. The van der Waals surface area contributed by atoms with Crippen LogP contribution in [0.25, 0.3) is 0 Å². The number of nitrogens with one attached hydrogen (secondary N) is 1. The van der Waals surface area contributed by atoms with Gasteiger partial charge in [0.1, 0.15) is 0 Å². The summed E-state index contributed by atoms with van der Waals surface area (Å²) in [5.74, 6) is 0. The minimum absolute atomic E-state index is 0.775. The van der Waals surface area contributed by atoms with E-state index in [4.69, 9.17) is 4.98 Å². The Kier molecular flexibility index (Phi) is 6.30. The molecule has 1 N–H and O–H groups in total. The van der Waals surface area contributed by atoms with Gasteiger partial charge in [0.2, 0.25) is 0 Å². The Morgan fingerprint density at radius 3 is 2.70 bits per heavy atom. The van der Waals surface area contributed by atoms with Gasteiger partial charge in [0.15, 0.2) is 5.13 Å². The number of hydrogen-bond donors (Lipinski definition) is 1. The van der Waals surface area contributed by atoms with Crippen molar-refractivity contribution in [2.45, 2.75) is 71.4 Å². The average Bonchev–Trinajstić information content (AvgIpc) is 3.18. The SMILES string of the molecule is CCCCCN(C)c1nc(CCC)c(CNC2CC2)s1. The van der Waals surface area contributed by atoms with Gasteiger partial charge in [0.05, 0.1) is 5.69 Å². The van der Waals surface area contributed by atoms with Crippen LogP contribution in [0.1, 0.15) is 62.9 Å². The number of aromatic nitrogens is 1. The van der Waals surface area contributed by atoms with E-state index in [0.29, 0.717) is 0 Å². The second-order valence-corrected chi connectivity index (χ2v) is 6.96. The molecule has 0 saturated heterocycles. The van der Waals surface area contributed by atoms with Gasteiger partial charge < -0.3 is 10.2 Å². The molecule has 1 fully saturated rings. The van der Waals surface area contributed by atoms with Crippen molar-refractivity contribution in [1.29, 1.82) is 0 Å². The summed E-state index contributed by atoms with van der Waals surface area (Å²) in [7, 11) is 2.18. The van der Waals surface area contributed by atoms with Gasteiger partial charge in [-0.1, -0.05) is 33.1 Å². The Hall–Kier alpha value is -0.610. The van der Waals surface area contributed by atoms with E-state index in [2.05, 4.69) is 31.1 Å². The van der Waals surface area contributed by atoms with Crippen LogP contribution in [-0.4, -0.2) is 24.6 Å². The molecule has 0 bridgehead atoms. The summed E-state index contributed by atoms with van der Waals surface area (Å²) >= 11 is 1.89. The van der Waals surface area contributed by atoms with Crippen molar-refractivity contribution in [1.82, 2.24) is 10.3 Å². The highest BCUT2D eigenvalue weighted by atomic mass is 32.1. The highest BCUT2D eigenvalue weighted by molar-refractivity contribution is 7.15. The second-order valence-electron chi connectivity index (χ2n) is 5.90. The molecule has 0 unspecified atom stereocenters.